The fourth-order valence-electron chi connectivity index (χ4n) is 4.09. The third kappa shape index (κ3) is 6.29. The Hall–Kier alpha value is -2.40. The summed E-state index contributed by atoms with van der Waals surface area (Å²) in [6.45, 7) is 6.98. The molecule has 1 aliphatic heterocycles. The molecule has 0 aromatic heterocycles. The Kier molecular flexibility index (Phi) is 7.64. The van der Waals surface area contributed by atoms with E-state index in [1.807, 2.05) is 26.0 Å². The highest BCUT2D eigenvalue weighted by Crippen LogP contribution is 2.20. The van der Waals surface area contributed by atoms with Crippen molar-refractivity contribution in [2.45, 2.75) is 45.6 Å². The summed E-state index contributed by atoms with van der Waals surface area (Å²) in [5.74, 6) is 0.614. The lowest BCUT2D eigenvalue weighted by Gasteiger charge is -2.32. The molecule has 3 rings (SSSR count). The number of amides is 2. The molecule has 1 aliphatic rings. The van der Waals surface area contributed by atoms with E-state index in [2.05, 4.69) is 45.9 Å². The number of likely N-dealkylation sites (tertiary alicyclic amines) is 1. The predicted octanol–water partition coefficient (Wildman–Crippen LogP) is 3.65. The first kappa shape index (κ1) is 21.3. The van der Waals surface area contributed by atoms with E-state index in [9.17, 15) is 9.59 Å². The maximum atomic E-state index is 12.6. The van der Waals surface area contributed by atoms with Crippen LogP contribution in [0.5, 0.6) is 0 Å². The van der Waals surface area contributed by atoms with Gasteiger partial charge in [-0.05, 0) is 61.1 Å². The number of nitrogens with zero attached hydrogens (tertiary/aromatic N) is 1. The molecule has 2 aromatic carbocycles. The van der Waals surface area contributed by atoms with Crippen molar-refractivity contribution in [2.24, 2.45) is 5.92 Å². The summed E-state index contributed by atoms with van der Waals surface area (Å²) in [5.41, 5.74) is 1.12. The summed E-state index contributed by atoms with van der Waals surface area (Å²) in [6.07, 6.45) is 3.64. The number of hydrogen-bond donors (Lipinski definition) is 2. The van der Waals surface area contributed by atoms with Gasteiger partial charge in [0.05, 0.1) is 12.6 Å². The van der Waals surface area contributed by atoms with E-state index in [1.165, 1.54) is 10.8 Å². The van der Waals surface area contributed by atoms with Crippen LogP contribution < -0.4 is 10.6 Å². The van der Waals surface area contributed by atoms with Crippen LogP contribution in [0.4, 0.5) is 0 Å². The van der Waals surface area contributed by atoms with Crippen LogP contribution in [0, 0.1) is 5.92 Å². The van der Waals surface area contributed by atoms with Crippen LogP contribution >= 0.6 is 0 Å². The quantitative estimate of drug-likeness (QED) is 0.717. The van der Waals surface area contributed by atoms with E-state index in [0.29, 0.717) is 25.4 Å². The summed E-state index contributed by atoms with van der Waals surface area (Å²) in [4.78, 5) is 26.5. The van der Waals surface area contributed by atoms with Crippen LogP contribution in [0.1, 0.15) is 51.1 Å². The summed E-state index contributed by atoms with van der Waals surface area (Å²) >= 11 is 0. The fourth-order valence-corrected chi connectivity index (χ4v) is 4.09. The molecule has 0 aliphatic carbocycles. The van der Waals surface area contributed by atoms with Crippen LogP contribution in [0.3, 0.4) is 0 Å². The van der Waals surface area contributed by atoms with Crippen molar-refractivity contribution in [3.63, 3.8) is 0 Å². The van der Waals surface area contributed by atoms with Gasteiger partial charge in [-0.2, -0.15) is 0 Å². The molecule has 2 unspecified atom stereocenters. The summed E-state index contributed by atoms with van der Waals surface area (Å²) < 4.78 is 0. The second kappa shape index (κ2) is 10.4. The molecule has 5 nitrogen and oxygen atoms in total. The van der Waals surface area contributed by atoms with Gasteiger partial charge >= 0.3 is 0 Å². The van der Waals surface area contributed by atoms with Gasteiger partial charge in [0.15, 0.2) is 0 Å². The van der Waals surface area contributed by atoms with Gasteiger partial charge < -0.3 is 10.6 Å². The maximum Gasteiger partial charge on any atom is 0.234 e. The van der Waals surface area contributed by atoms with Gasteiger partial charge in [-0.15, -0.1) is 0 Å². The van der Waals surface area contributed by atoms with Crippen molar-refractivity contribution >= 4 is 22.6 Å². The summed E-state index contributed by atoms with van der Waals surface area (Å²) in [6, 6.07) is 14.6. The molecule has 2 aromatic rings. The number of carbonyl (C=O) groups is 2. The number of hydrogen-bond acceptors (Lipinski definition) is 3. The second-order valence-corrected chi connectivity index (χ2v) is 8.19. The fraction of sp³-hybridized carbons (Fsp3) is 0.500. The summed E-state index contributed by atoms with van der Waals surface area (Å²) in [7, 11) is 0. The average Bonchev–Trinajstić information content (AvgIpc) is 2.72. The highest BCUT2D eigenvalue weighted by atomic mass is 16.2. The first-order valence-electron chi connectivity index (χ1n) is 10.8. The molecular formula is C24H33N3O2. The maximum absolute atomic E-state index is 12.6. The highest BCUT2D eigenvalue weighted by molar-refractivity contribution is 5.83. The third-order valence-electron chi connectivity index (χ3n) is 5.69. The molecule has 0 bridgehead atoms. The topological polar surface area (TPSA) is 61.4 Å². The third-order valence-corrected chi connectivity index (χ3v) is 5.69. The zero-order valence-electron chi connectivity index (χ0n) is 17.6. The van der Waals surface area contributed by atoms with Crippen molar-refractivity contribution < 1.29 is 9.59 Å². The van der Waals surface area contributed by atoms with Crippen molar-refractivity contribution in [2.75, 3.05) is 26.2 Å². The molecule has 0 saturated carbocycles. The zero-order valence-corrected chi connectivity index (χ0v) is 17.6. The molecule has 1 fully saturated rings. The molecular weight excluding hydrogens is 362 g/mol. The lowest BCUT2D eigenvalue weighted by atomic mass is 9.98. The smallest absolute Gasteiger partial charge is 0.234 e. The van der Waals surface area contributed by atoms with E-state index in [1.54, 1.807) is 0 Å². The lowest BCUT2D eigenvalue weighted by Crippen LogP contribution is -2.45. The second-order valence-electron chi connectivity index (χ2n) is 8.19. The Balaban J connectivity index is 1.48. The number of rotatable bonds is 8. The molecule has 29 heavy (non-hydrogen) atoms. The van der Waals surface area contributed by atoms with E-state index < -0.39 is 0 Å². The van der Waals surface area contributed by atoms with E-state index in [4.69, 9.17) is 0 Å². The molecule has 1 heterocycles. The number of carbonyl (C=O) groups excluding carboxylic acids is 2. The van der Waals surface area contributed by atoms with Crippen LogP contribution in [0.25, 0.3) is 10.8 Å². The van der Waals surface area contributed by atoms with Crippen molar-refractivity contribution in [1.29, 1.82) is 0 Å². The molecule has 2 N–H and O–H groups in total. The minimum absolute atomic E-state index is 0.0268. The standard InChI is InChI=1S/C24H33N3O2/c1-3-7-23(28)25-15-19-8-6-13-27(16-19)17-24(29)26-18(2)21-12-11-20-9-4-5-10-22(20)14-21/h4-5,9-12,14,18-19H,3,6-8,13,15-17H2,1-2H3,(H,25,28)(H,26,29). The Morgan fingerprint density at radius 1 is 1.14 bits per heavy atom. The Morgan fingerprint density at radius 2 is 1.93 bits per heavy atom. The molecule has 5 heteroatoms. The average molecular weight is 396 g/mol. The summed E-state index contributed by atoms with van der Waals surface area (Å²) in [5, 5.41) is 8.57. The van der Waals surface area contributed by atoms with Crippen LogP contribution in [-0.4, -0.2) is 42.9 Å². The van der Waals surface area contributed by atoms with Crippen LogP contribution in [-0.2, 0) is 9.59 Å². The molecule has 2 amide bonds. The van der Waals surface area contributed by atoms with Crippen molar-refractivity contribution in [3.8, 4) is 0 Å². The minimum Gasteiger partial charge on any atom is -0.356 e. The van der Waals surface area contributed by atoms with Crippen LogP contribution in [0.15, 0.2) is 42.5 Å². The van der Waals surface area contributed by atoms with Gasteiger partial charge in [0.2, 0.25) is 11.8 Å². The largest absolute Gasteiger partial charge is 0.356 e. The molecule has 156 valence electrons. The van der Waals surface area contributed by atoms with Crippen LogP contribution in [0.2, 0.25) is 0 Å². The SMILES string of the molecule is CCCC(=O)NCC1CCCN(CC(=O)NC(C)c2ccc3ccccc3c2)C1. The normalized spacial score (nSPS) is 18.3. The Labute approximate surface area is 173 Å². The van der Waals surface area contributed by atoms with Gasteiger partial charge in [0.1, 0.15) is 0 Å². The minimum atomic E-state index is -0.0268. The molecule has 1 saturated heterocycles. The van der Waals surface area contributed by atoms with E-state index >= 15 is 0 Å². The Bertz CT molecular complexity index is 836. The highest BCUT2D eigenvalue weighted by Gasteiger charge is 2.22. The van der Waals surface area contributed by atoms with Gasteiger partial charge in [0.25, 0.3) is 0 Å². The molecule has 0 radical (unpaired) electrons. The molecule has 0 spiro atoms. The van der Waals surface area contributed by atoms with Gasteiger partial charge in [-0.3, -0.25) is 14.5 Å². The Morgan fingerprint density at radius 3 is 2.72 bits per heavy atom. The van der Waals surface area contributed by atoms with Gasteiger partial charge in [0, 0.05) is 19.5 Å². The number of fused-ring (bicyclic) bond motifs is 1. The predicted molar refractivity (Wildman–Crippen MR) is 118 cm³/mol. The first-order chi connectivity index (χ1) is 14.0. The van der Waals surface area contributed by atoms with Gasteiger partial charge in [-0.1, -0.05) is 43.3 Å². The number of nitrogens with one attached hydrogen (secondary N) is 2. The number of piperidine rings is 1. The van der Waals surface area contributed by atoms with E-state index in [-0.39, 0.29) is 17.9 Å². The number of benzene rings is 2. The monoisotopic (exact) mass is 395 g/mol. The van der Waals surface area contributed by atoms with Crippen molar-refractivity contribution in [3.05, 3.63) is 48.0 Å². The molecule has 2 atom stereocenters. The van der Waals surface area contributed by atoms with Gasteiger partial charge in [-0.25, -0.2) is 0 Å². The first-order valence-corrected chi connectivity index (χ1v) is 10.8. The van der Waals surface area contributed by atoms with Crippen molar-refractivity contribution in [1.82, 2.24) is 15.5 Å². The lowest BCUT2D eigenvalue weighted by molar-refractivity contribution is -0.124. The van der Waals surface area contributed by atoms with E-state index in [0.717, 1.165) is 37.9 Å². The zero-order chi connectivity index (χ0) is 20.6.